The zero-order chi connectivity index (χ0) is 10.1. The summed E-state index contributed by atoms with van der Waals surface area (Å²) in [5.74, 6) is 0. The van der Waals surface area contributed by atoms with Crippen LogP contribution in [0.5, 0.6) is 0 Å². The Morgan fingerprint density at radius 1 is 1.00 bits per heavy atom. The molecule has 0 aliphatic carbocycles. The van der Waals surface area contributed by atoms with E-state index in [-0.39, 0.29) is 0 Å². The lowest BCUT2D eigenvalue weighted by Crippen LogP contribution is -2.36. The van der Waals surface area contributed by atoms with Gasteiger partial charge in [-0.2, -0.15) is 0 Å². The normalized spacial score (nSPS) is 13.6. The molecule has 0 N–H and O–H groups in total. The van der Waals surface area contributed by atoms with E-state index in [9.17, 15) is 0 Å². The zero-order valence-corrected chi connectivity index (χ0v) is 9.08. The third-order valence-corrected chi connectivity index (χ3v) is 1.83. The monoisotopic (exact) mass is 191 g/mol. The van der Waals surface area contributed by atoms with Crippen LogP contribution in [0.1, 0.15) is 0 Å². The van der Waals surface area contributed by atoms with E-state index in [4.69, 9.17) is 14.2 Å². The lowest BCUT2D eigenvalue weighted by molar-refractivity contribution is 0.0168. The topological polar surface area (TPSA) is 30.9 Å². The summed E-state index contributed by atoms with van der Waals surface area (Å²) in [5, 5.41) is 0. The van der Waals surface area contributed by atoms with Crippen molar-refractivity contribution >= 4 is 0 Å². The molecule has 0 radical (unpaired) electrons. The first-order valence-electron chi connectivity index (χ1n) is 4.44. The van der Waals surface area contributed by atoms with E-state index in [1.807, 2.05) is 14.1 Å². The molecule has 0 saturated heterocycles. The van der Waals surface area contributed by atoms with Gasteiger partial charge >= 0.3 is 0 Å². The van der Waals surface area contributed by atoms with E-state index in [0.717, 1.165) is 0 Å². The van der Waals surface area contributed by atoms with Gasteiger partial charge in [-0.25, -0.2) is 0 Å². The number of hydrogen-bond donors (Lipinski definition) is 0. The Balaban J connectivity index is 3.45. The fourth-order valence-electron chi connectivity index (χ4n) is 0.900. The molecule has 4 heteroatoms. The average Bonchev–Trinajstić information content (AvgIpc) is 2.10. The van der Waals surface area contributed by atoms with Crippen molar-refractivity contribution in [3.05, 3.63) is 0 Å². The summed E-state index contributed by atoms with van der Waals surface area (Å²) in [7, 11) is 7.40. The first-order chi connectivity index (χ1) is 6.22. The summed E-state index contributed by atoms with van der Waals surface area (Å²) in [6.45, 7) is 2.67. The molecule has 0 bridgehead atoms. The van der Waals surface area contributed by atoms with Gasteiger partial charge in [0.05, 0.1) is 32.5 Å². The van der Waals surface area contributed by atoms with Crippen LogP contribution in [-0.2, 0) is 14.2 Å². The van der Waals surface area contributed by atoms with Gasteiger partial charge < -0.3 is 19.1 Å². The highest BCUT2D eigenvalue weighted by molar-refractivity contribution is 4.63. The number of likely N-dealkylation sites (N-methyl/N-ethyl adjacent to an activating group) is 1. The Morgan fingerprint density at radius 3 is 2.15 bits per heavy atom. The largest absolute Gasteiger partial charge is 0.383 e. The van der Waals surface area contributed by atoms with E-state index >= 15 is 0 Å². The van der Waals surface area contributed by atoms with Gasteiger partial charge in [-0.15, -0.1) is 0 Å². The maximum atomic E-state index is 5.40. The highest BCUT2D eigenvalue weighted by Crippen LogP contribution is 1.95. The lowest BCUT2D eigenvalue weighted by atomic mass is 10.3. The van der Waals surface area contributed by atoms with Gasteiger partial charge in [-0.05, 0) is 14.1 Å². The number of methoxy groups -OCH3 is 2. The SMILES string of the molecule is COCCOCC(COC)N(C)C. The van der Waals surface area contributed by atoms with Crippen LogP contribution >= 0.6 is 0 Å². The summed E-state index contributed by atoms with van der Waals surface area (Å²) >= 11 is 0. The molecule has 1 unspecified atom stereocenters. The van der Waals surface area contributed by atoms with Crippen LogP contribution in [0.25, 0.3) is 0 Å². The fraction of sp³-hybridized carbons (Fsp3) is 1.00. The Hall–Kier alpha value is -0.160. The van der Waals surface area contributed by atoms with Gasteiger partial charge in [-0.3, -0.25) is 0 Å². The minimum absolute atomic E-state index is 0.321. The molecule has 0 heterocycles. The van der Waals surface area contributed by atoms with Crippen molar-refractivity contribution in [2.75, 3.05) is 54.7 Å². The molecule has 0 aromatic heterocycles. The predicted molar refractivity (Wildman–Crippen MR) is 52.0 cm³/mol. The zero-order valence-electron chi connectivity index (χ0n) is 9.08. The van der Waals surface area contributed by atoms with Crippen LogP contribution in [0.3, 0.4) is 0 Å². The summed E-state index contributed by atoms with van der Waals surface area (Å²) in [4.78, 5) is 2.09. The number of nitrogens with zero attached hydrogens (tertiary/aromatic N) is 1. The minimum Gasteiger partial charge on any atom is -0.383 e. The molecule has 1 atom stereocenters. The fourth-order valence-corrected chi connectivity index (χ4v) is 0.900. The van der Waals surface area contributed by atoms with Crippen LogP contribution < -0.4 is 0 Å². The second kappa shape index (κ2) is 8.44. The third-order valence-electron chi connectivity index (χ3n) is 1.83. The van der Waals surface area contributed by atoms with Gasteiger partial charge in [0.25, 0.3) is 0 Å². The van der Waals surface area contributed by atoms with Gasteiger partial charge in [0, 0.05) is 14.2 Å². The minimum atomic E-state index is 0.321. The van der Waals surface area contributed by atoms with Crippen molar-refractivity contribution in [2.24, 2.45) is 0 Å². The van der Waals surface area contributed by atoms with Crippen LogP contribution in [0, 0.1) is 0 Å². The van der Waals surface area contributed by atoms with E-state index in [1.165, 1.54) is 0 Å². The van der Waals surface area contributed by atoms with Crippen molar-refractivity contribution < 1.29 is 14.2 Å². The van der Waals surface area contributed by atoms with Crippen LogP contribution in [0.2, 0.25) is 0 Å². The molecule has 0 aliphatic rings. The van der Waals surface area contributed by atoms with Crippen LogP contribution in [0.4, 0.5) is 0 Å². The molecule has 0 fully saturated rings. The van der Waals surface area contributed by atoms with E-state index in [1.54, 1.807) is 14.2 Å². The molecule has 80 valence electrons. The standard InChI is InChI=1S/C9H21NO3/c1-10(2)9(7-12-4)8-13-6-5-11-3/h9H,5-8H2,1-4H3. The molecule has 0 spiro atoms. The molecule has 0 rings (SSSR count). The Morgan fingerprint density at radius 2 is 1.69 bits per heavy atom. The maximum Gasteiger partial charge on any atom is 0.0701 e. The summed E-state index contributed by atoms with van der Waals surface area (Å²) in [5.41, 5.74) is 0. The van der Waals surface area contributed by atoms with Crippen molar-refractivity contribution in [1.82, 2.24) is 4.90 Å². The molecule has 0 aromatic carbocycles. The van der Waals surface area contributed by atoms with Gasteiger partial charge in [0.2, 0.25) is 0 Å². The second-order valence-corrected chi connectivity index (χ2v) is 3.14. The maximum absolute atomic E-state index is 5.40. The molecular weight excluding hydrogens is 170 g/mol. The summed E-state index contributed by atoms with van der Waals surface area (Å²) in [6, 6.07) is 0.321. The van der Waals surface area contributed by atoms with Gasteiger partial charge in [0.1, 0.15) is 0 Å². The molecule has 0 amide bonds. The Bertz CT molecular complexity index is 109. The van der Waals surface area contributed by atoms with Crippen LogP contribution in [0.15, 0.2) is 0 Å². The molecule has 4 nitrogen and oxygen atoms in total. The summed E-state index contributed by atoms with van der Waals surface area (Å²) in [6.07, 6.45) is 0. The number of hydrogen-bond acceptors (Lipinski definition) is 4. The quantitative estimate of drug-likeness (QED) is 0.514. The smallest absolute Gasteiger partial charge is 0.0701 e. The van der Waals surface area contributed by atoms with Crippen molar-refractivity contribution in [1.29, 1.82) is 0 Å². The first-order valence-corrected chi connectivity index (χ1v) is 4.44. The molecular formula is C9H21NO3. The molecule has 0 aliphatic heterocycles. The first kappa shape index (κ1) is 12.8. The Labute approximate surface area is 80.8 Å². The lowest BCUT2D eigenvalue weighted by Gasteiger charge is -2.23. The van der Waals surface area contributed by atoms with E-state index < -0.39 is 0 Å². The van der Waals surface area contributed by atoms with Crippen molar-refractivity contribution in [3.8, 4) is 0 Å². The summed E-state index contributed by atoms with van der Waals surface area (Å²) < 4.78 is 15.3. The van der Waals surface area contributed by atoms with Crippen molar-refractivity contribution in [3.63, 3.8) is 0 Å². The number of ether oxygens (including phenoxy) is 3. The highest BCUT2D eigenvalue weighted by atomic mass is 16.5. The average molecular weight is 191 g/mol. The van der Waals surface area contributed by atoms with E-state index in [0.29, 0.717) is 32.5 Å². The van der Waals surface area contributed by atoms with Crippen molar-refractivity contribution in [2.45, 2.75) is 6.04 Å². The van der Waals surface area contributed by atoms with Gasteiger partial charge in [0.15, 0.2) is 0 Å². The molecule has 0 saturated carbocycles. The van der Waals surface area contributed by atoms with Crippen LogP contribution in [-0.4, -0.2) is 65.7 Å². The Kier molecular flexibility index (Phi) is 8.33. The van der Waals surface area contributed by atoms with Gasteiger partial charge in [-0.1, -0.05) is 0 Å². The molecule has 0 aromatic rings. The number of rotatable bonds is 8. The molecule has 13 heavy (non-hydrogen) atoms. The highest BCUT2D eigenvalue weighted by Gasteiger charge is 2.10. The van der Waals surface area contributed by atoms with E-state index in [2.05, 4.69) is 4.90 Å². The second-order valence-electron chi connectivity index (χ2n) is 3.14. The predicted octanol–water partition coefficient (Wildman–Crippen LogP) is 0.226. The third kappa shape index (κ3) is 6.95.